The highest BCUT2D eigenvalue weighted by atomic mass is 32.2. The Kier molecular flexibility index (Phi) is 6.62. The zero-order valence-corrected chi connectivity index (χ0v) is 13.9. The molecule has 1 atom stereocenters. The molecule has 0 heterocycles. The van der Waals surface area contributed by atoms with Crippen LogP contribution in [0.1, 0.15) is 52.9 Å². The lowest BCUT2D eigenvalue weighted by Crippen LogP contribution is -2.43. The monoisotopic (exact) mass is 321 g/mol. The molecule has 1 rings (SSSR count). The first-order valence-electron chi connectivity index (χ1n) is 7.47. The smallest absolute Gasteiger partial charge is 0.311 e. The number of ether oxygens (including phenoxy) is 1. The summed E-state index contributed by atoms with van der Waals surface area (Å²) < 4.78 is 36.4. The van der Waals surface area contributed by atoms with Gasteiger partial charge in [0.2, 0.25) is 0 Å². The first-order chi connectivity index (χ1) is 9.58. The van der Waals surface area contributed by atoms with E-state index in [0.29, 0.717) is 6.04 Å². The Morgan fingerprint density at radius 1 is 1.29 bits per heavy atom. The van der Waals surface area contributed by atoms with Gasteiger partial charge in [0.25, 0.3) is 10.1 Å². The summed E-state index contributed by atoms with van der Waals surface area (Å²) in [4.78, 5) is 11.9. The van der Waals surface area contributed by atoms with Crippen molar-refractivity contribution in [1.82, 2.24) is 5.32 Å². The van der Waals surface area contributed by atoms with Gasteiger partial charge in [-0.15, -0.1) is 0 Å². The van der Waals surface area contributed by atoms with Crippen molar-refractivity contribution in [3.63, 3.8) is 0 Å². The van der Waals surface area contributed by atoms with Gasteiger partial charge in [0.1, 0.15) is 11.9 Å². The number of carbonyl (C=O) groups is 1. The zero-order valence-electron chi connectivity index (χ0n) is 13.1. The van der Waals surface area contributed by atoms with Gasteiger partial charge in [-0.25, -0.2) is 0 Å². The maximum absolute atomic E-state index is 11.9. The molecule has 1 unspecified atom stereocenters. The summed E-state index contributed by atoms with van der Waals surface area (Å²) in [6.07, 6.45) is 4.77. The largest absolute Gasteiger partial charge is 0.459 e. The molecular weight excluding hydrogens is 294 g/mol. The fraction of sp³-hybridized carbons (Fsp3) is 0.929. The molecule has 0 amide bonds. The summed E-state index contributed by atoms with van der Waals surface area (Å²) >= 11 is 0. The molecule has 0 spiro atoms. The summed E-state index contributed by atoms with van der Waals surface area (Å²) in [5.74, 6) is -1.05. The van der Waals surface area contributed by atoms with Crippen molar-refractivity contribution in [2.45, 2.75) is 65.0 Å². The number of esters is 1. The topological polar surface area (TPSA) is 92.7 Å². The Bertz CT molecular complexity index is 435. The molecule has 0 aromatic rings. The molecule has 0 radical (unpaired) electrons. The highest BCUT2D eigenvalue weighted by Crippen LogP contribution is 2.19. The summed E-state index contributed by atoms with van der Waals surface area (Å²) in [6.45, 7) is 5.35. The van der Waals surface area contributed by atoms with Gasteiger partial charge in [-0.2, -0.15) is 8.42 Å². The van der Waals surface area contributed by atoms with Crippen LogP contribution in [0, 0.1) is 5.41 Å². The van der Waals surface area contributed by atoms with E-state index in [4.69, 9.17) is 9.29 Å². The van der Waals surface area contributed by atoms with Crippen LogP contribution in [0.25, 0.3) is 0 Å². The highest BCUT2D eigenvalue weighted by molar-refractivity contribution is 7.85. The maximum atomic E-state index is 11.9. The van der Waals surface area contributed by atoms with Crippen LogP contribution >= 0.6 is 0 Å². The first-order valence-corrected chi connectivity index (χ1v) is 9.08. The standard InChI is InChI=1S/C14H27NO5S/c1-14(2,3)13(16)20-12(10-21(17,18)19)9-15-11-7-5-4-6-8-11/h11-12,15H,4-10H2,1-3H3,(H,17,18,19). The van der Waals surface area contributed by atoms with Crippen LogP contribution in [0.5, 0.6) is 0 Å². The van der Waals surface area contributed by atoms with Gasteiger partial charge in [0.05, 0.1) is 5.41 Å². The number of rotatable bonds is 6. The summed E-state index contributed by atoms with van der Waals surface area (Å²) in [5, 5.41) is 3.25. The van der Waals surface area contributed by atoms with Crippen molar-refractivity contribution in [3.05, 3.63) is 0 Å². The van der Waals surface area contributed by atoms with Crippen LogP contribution < -0.4 is 5.32 Å². The Balaban J connectivity index is 2.57. The molecule has 2 N–H and O–H groups in total. The van der Waals surface area contributed by atoms with Gasteiger partial charge in [-0.05, 0) is 33.6 Å². The molecule has 7 heteroatoms. The van der Waals surface area contributed by atoms with Crippen LogP contribution in [-0.4, -0.2) is 43.4 Å². The van der Waals surface area contributed by atoms with Crippen molar-refractivity contribution >= 4 is 16.1 Å². The van der Waals surface area contributed by atoms with Gasteiger partial charge in [-0.1, -0.05) is 19.3 Å². The minimum Gasteiger partial charge on any atom is -0.459 e. The normalized spacial score (nSPS) is 19.2. The van der Waals surface area contributed by atoms with Crippen LogP contribution in [0.15, 0.2) is 0 Å². The van der Waals surface area contributed by atoms with Crippen LogP contribution in [0.3, 0.4) is 0 Å². The van der Waals surface area contributed by atoms with Crippen molar-refractivity contribution in [2.24, 2.45) is 5.41 Å². The van der Waals surface area contributed by atoms with Gasteiger partial charge in [0, 0.05) is 12.6 Å². The second kappa shape index (κ2) is 7.56. The number of carbonyl (C=O) groups excluding carboxylic acids is 1. The summed E-state index contributed by atoms with van der Waals surface area (Å²) in [5.41, 5.74) is -0.706. The lowest BCUT2D eigenvalue weighted by molar-refractivity contribution is -0.157. The fourth-order valence-corrected chi connectivity index (χ4v) is 2.96. The second-order valence-corrected chi connectivity index (χ2v) is 8.27. The van der Waals surface area contributed by atoms with Crippen molar-refractivity contribution in [2.75, 3.05) is 12.3 Å². The molecule has 6 nitrogen and oxygen atoms in total. The average molecular weight is 321 g/mol. The van der Waals surface area contributed by atoms with Gasteiger partial charge < -0.3 is 10.1 Å². The summed E-state index contributed by atoms with van der Waals surface area (Å²) in [7, 11) is -4.18. The maximum Gasteiger partial charge on any atom is 0.311 e. The van der Waals surface area contributed by atoms with E-state index in [-0.39, 0.29) is 6.54 Å². The van der Waals surface area contributed by atoms with E-state index in [1.807, 2.05) is 0 Å². The molecule has 124 valence electrons. The number of hydrogen-bond acceptors (Lipinski definition) is 5. The Morgan fingerprint density at radius 2 is 1.86 bits per heavy atom. The molecule has 1 fully saturated rings. The molecule has 1 aliphatic rings. The molecule has 0 aromatic carbocycles. The number of nitrogens with one attached hydrogen (secondary N) is 1. The molecule has 0 aliphatic heterocycles. The van der Waals surface area contributed by atoms with Crippen molar-refractivity contribution < 1.29 is 22.5 Å². The average Bonchev–Trinajstić information content (AvgIpc) is 2.34. The minimum atomic E-state index is -4.18. The highest BCUT2D eigenvalue weighted by Gasteiger charge is 2.29. The summed E-state index contributed by atoms with van der Waals surface area (Å²) in [6, 6.07) is 0.330. The molecule has 0 aromatic heterocycles. The SMILES string of the molecule is CC(C)(C)C(=O)OC(CNC1CCCCC1)CS(=O)(=O)O. The van der Waals surface area contributed by atoms with Gasteiger partial charge in [-0.3, -0.25) is 9.35 Å². The van der Waals surface area contributed by atoms with Crippen LogP contribution in [-0.2, 0) is 19.6 Å². The van der Waals surface area contributed by atoms with Gasteiger partial charge >= 0.3 is 5.97 Å². The first kappa shape index (κ1) is 18.4. The fourth-order valence-electron chi connectivity index (χ4n) is 2.30. The van der Waals surface area contributed by atoms with E-state index in [0.717, 1.165) is 25.7 Å². The predicted molar refractivity (Wildman–Crippen MR) is 80.6 cm³/mol. The third kappa shape index (κ3) is 7.78. The molecule has 0 saturated heterocycles. The Hall–Kier alpha value is -0.660. The van der Waals surface area contributed by atoms with Gasteiger partial charge in [0.15, 0.2) is 0 Å². The quantitative estimate of drug-likeness (QED) is 0.572. The van der Waals surface area contributed by atoms with Crippen molar-refractivity contribution in [3.8, 4) is 0 Å². The van der Waals surface area contributed by atoms with E-state index in [2.05, 4.69) is 5.32 Å². The molecule has 0 bridgehead atoms. The number of hydrogen-bond donors (Lipinski definition) is 2. The van der Waals surface area contributed by atoms with Crippen LogP contribution in [0.4, 0.5) is 0 Å². The van der Waals surface area contributed by atoms with E-state index in [1.54, 1.807) is 20.8 Å². The third-order valence-electron chi connectivity index (χ3n) is 3.52. The third-order valence-corrected chi connectivity index (χ3v) is 4.31. The molecule has 21 heavy (non-hydrogen) atoms. The Labute approximate surface area is 127 Å². The van der Waals surface area contributed by atoms with E-state index < -0.39 is 33.4 Å². The lowest BCUT2D eigenvalue weighted by Gasteiger charge is -2.27. The van der Waals surface area contributed by atoms with Crippen molar-refractivity contribution in [1.29, 1.82) is 0 Å². The van der Waals surface area contributed by atoms with Crippen LogP contribution in [0.2, 0.25) is 0 Å². The minimum absolute atomic E-state index is 0.242. The zero-order chi connectivity index (χ0) is 16.1. The Morgan fingerprint density at radius 3 is 2.33 bits per heavy atom. The van der Waals surface area contributed by atoms with E-state index in [1.165, 1.54) is 6.42 Å². The van der Waals surface area contributed by atoms with E-state index >= 15 is 0 Å². The molecular formula is C14H27NO5S. The predicted octanol–water partition coefficient (Wildman–Crippen LogP) is 1.75. The molecule has 1 saturated carbocycles. The van der Waals surface area contributed by atoms with E-state index in [9.17, 15) is 13.2 Å². The lowest BCUT2D eigenvalue weighted by atomic mass is 9.95. The molecule has 1 aliphatic carbocycles. The second-order valence-electron chi connectivity index (χ2n) is 6.77.